The first-order valence-corrected chi connectivity index (χ1v) is 3.38. The molecule has 2 N–H and O–H groups in total. The van der Waals surface area contributed by atoms with Crippen LogP contribution in [0.25, 0.3) is 0 Å². The Kier molecular flexibility index (Phi) is 2.65. The van der Waals surface area contributed by atoms with Gasteiger partial charge in [-0.15, -0.1) is 0 Å². The first-order valence-electron chi connectivity index (χ1n) is 3.38. The molecule has 0 heterocycles. The Morgan fingerprint density at radius 2 is 2.15 bits per heavy atom. The van der Waals surface area contributed by atoms with E-state index in [0.29, 0.717) is 0 Å². The fourth-order valence-corrected chi connectivity index (χ4v) is 0.864. The molecule has 13 heavy (non-hydrogen) atoms. The first-order chi connectivity index (χ1) is 6.15. The SMILES string of the molecule is N#Cc1cccc(N)c1OC(F)F. The smallest absolute Gasteiger partial charge is 0.387 e. The highest BCUT2D eigenvalue weighted by atomic mass is 19.3. The van der Waals surface area contributed by atoms with E-state index in [-0.39, 0.29) is 17.0 Å². The average Bonchev–Trinajstić information content (AvgIpc) is 2.08. The summed E-state index contributed by atoms with van der Waals surface area (Å²) < 4.78 is 27.7. The zero-order chi connectivity index (χ0) is 9.84. The quantitative estimate of drug-likeness (QED) is 0.712. The molecule has 0 amide bonds. The number of nitrogens with two attached hydrogens (primary N) is 1. The van der Waals surface area contributed by atoms with Crippen LogP contribution in [0.5, 0.6) is 5.75 Å². The van der Waals surface area contributed by atoms with Crippen molar-refractivity contribution in [2.75, 3.05) is 5.73 Å². The molecule has 0 aromatic heterocycles. The molecule has 0 aliphatic heterocycles. The zero-order valence-electron chi connectivity index (χ0n) is 6.50. The van der Waals surface area contributed by atoms with Crippen LogP contribution in [0.1, 0.15) is 5.56 Å². The van der Waals surface area contributed by atoms with E-state index in [2.05, 4.69) is 4.74 Å². The second-order valence-corrected chi connectivity index (χ2v) is 2.21. The lowest BCUT2D eigenvalue weighted by Gasteiger charge is -2.08. The number of benzene rings is 1. The fraction of sp³-hybridized carbons (Fsp3) is 0.125. The topological polar surface area (TPSA) is 59.0 Å². The molecule has 0 atom stereocenters. The Morgan fingerprint density at radius 3 is 2.69 bits per heavy atom. The van der Waals surface area contributed by atoms with Gasteiger partial charge in [-0.25, -0.2) is 0 Å². The lowest BCUT2D eigenvalue weighted by Crippen LogP contribution is -2.05. The van der Waals surface area contributed by atoms with Gasteiger partial charge in [-0.2, -0.15) is 14.0 Å². The number of para-hydroxylation sites is 1. The maximum Gasteiger partial charge on any atom is 0.387 e. The Hall–Kier alpha value is -1.83. The van der Waals surface area contributed by atoms with Crippen LogP contribution in [0.4, 0.5) is 14.5 Å². The Bertz CT molecular complexity index is 346. The van der Waals surface area contributed by atoms with Crippen molar-refractivity contribution in [1.29, 1.82) is 5.26 Å². The molecule has 0 radical (unpaired) electrons. The monoisotopic (exact) mass is 184 g/mol. The minimum Gasteiger partial charge on any atom is -0.431 e. The molecule has 68 valence electrons. The summed E-state index contributed by atoms with van der Waals surface area (Å²) in [5, 5.41) is 8.53. The van der Waals surface area contributed by atoms with Gasteiger partial charge in [0.15, 0.2) is 5.75 Å². The predicted octanol–water partition coefficient (Wildman–Crippen LogP) is 1.74. The minimum absolute atomic E-state index is 0.000278. The third-order valence-corrected chi connectivity index (χ3v) is 1.37. The van der Waals surface area contributed by atoms with Gasteiger partial charge >= 0.3 is 6.61 Å². The molecule has 0 unspecified atom stereocenters. The molecule has 3 nitrogen and oxygen atoms in total. The van der Waals surface area contributed by atoms with E-state index in [1.807, 2.05) is 0 Å². The average molecular weight is 184 g/mol. The summed E-state index contributed by atoms with van der Waals surface area (Å²) in [6, 6.07) is 5.94. The third kappa shape index (κ3) is 2.06. The molecule has 0 bridgehead atoms. The van der Waals surface area contributed by atoms with Crippen molar-refractivity contribution in [3.05, 3.63) is 23.8 Å². The van der Waals surface area contributed by atoms with Crippen molar-refractivity contribution >= 4 is 5.69 Å². The fourth-order valence-electron chi connectivity index (χ4n) is 0.864. The summed E-state index contributed by atoms with van der Waals surface area (Å²) in [6.07, 6.45) is 0. The minimum atomic E-state index is -2.98. The van der Waals surface area contributed by atoms with Gasteiger partial charge in [0, 0.05) is 0 Å². The van der Waals surface area contributed by atoms with Crippen molar-refractivity contribution in [2.45, 2.75) is 6.61 Å². The molecule has 0 saturated heterocycles. The number of hydrogen-bond donors (Lipinski definition) is 1. The summed E-state index contributed by atoms with van der Waals surface area (Å²) in [5.41, 5.74) is 5.36. The van der Waals surface area contributed by atoms with Crippen LogP contribution in [0.15, 0.2) is 18.2 Å². The number of ether oxygens (including phenoxy) is 1. The summed E-state index contributed by atoms with van der Waals surface area (Å²) in [7, 11) is 0. The van der Waals surface area contributed by atoms with Crippen LogP contribution in [0.2, 0.25) is 0 Å². The third-order valence-electron chi connectivity index (χ3n) is 1.37. The van der Waals surface area contributed by atoms with Crippen LogP contribution < -0.4 is 10.5 Å². The molecule has 1 rings (SSSR count). The van der Waals surface area contributed by atoms with Gasteiger partial charge in [-0.1, -0.05) is 6.07 Å². The number of alkyl halides is 2. The number of nitrogen functional groups attached to an aromatic ring is 1. The van der Waals surface area contributed by atoms with E-state index in [1.54, 1.807) is 6.07 Å². The molecule has 5 heteroatoms. The number of hydrogen-bond acceptors (Lipinski definition) is 3. The van der Waals surface area contributed by atoms with Gasteiger partial charge in [-0.3, -0.25) is 0 Å². The van der Waals surface area contributed by atoms with Gasteiger partial charge in [0.2, 0.25) is 0 Å². The first kappa shape index (κ1) is 9.26. The normalized spacial score (nSPS) is 9.69. The molecule has 0 saturated carbocycles. The van der Waals surface area contributed by atoms with Crippen molar-refractivity contribution < 1.29 is 13.5 Å². The number of nitriles is 1. The molecular formula is C8H6F2N2O. The van der Waals surface area contributed by atoms with Gasteiger partial charge < -0.3 is 10.5 Å². The summed E-state index contributed by atoms with van der Waals surface area (Å²) in [5.74, 6) is -0.264. The second-order valence-electron chi connectivity index (χ2n) is 2.21. The van der Waals surface area contributed by atoms with Crippen LogP contribution in [0, 0.1) is 11.3 Å². The van der Waals surface area contributed by atoms with Gasteiger partial charge in [0.25, 0.3) is 0 Å². The molecule has 0 fully saturated rings. The van der Waals surface area contributed by atoms with E-state index < -0.39 is 6.61 Å². The van der Waals surface area contributed by atoms with Crippen molar-refractivity contribution in [1.82, 2.24) is 0 Å². The summed E-state index contributed by atoms with van der Waals surface area (Å²) in [6.45, 7) is -2.98. The molecule has 0 aliphatic carbocycles. The highest BCUT2D eigenvalue weighted by molar-refractivity contribution is 5.60. The van der Waals surface area contributed by atoms with Crippen LogP contribution in [-0.2, 0) is 0 Å². The predicted molar refractivity (Wildman–Crippen MR) is 42.2 cm³/mol. The molecule has 1 aromatic carbocycles. The summed E-state index contributed by atoms with van der Waals surface area (Å²) >= 11 is 0. The number of nitrogens with zero attached hydrogens (tertiary/aromatic N) is 1. The highest BCUT2D eigenvalue weighted by Gasteiger charge is 2.11. The standard InChI is InChI=1S/C8H6F2N2O/c9-8(10)13-7-5(4-11)2-1-3-6(7)12/h1-3,8H,12H2. The maximum atomic E-state index is 11.8. The van der Waals surface area contributed by atoms with Gasteiger partial charge in [-0.05, 0) is 12.1 Å². The van der Waals surface area contributed by atoms with E-state index in [1.165, 1.54) is 18.2 Å². The Balaban J connectivity index is 3.10. The molecule has 0 spiro atoms. The Morgan fingerprint density at radius 1 is 1.46 bits per heavy atom. The van der Waals surface area contributed by atoms with Gasteiger partial charge in [0.05, 0.1) is 11.3 Å². The van der Waals surface area contributed by atoms with Gasteiger partial charge in [0.1, 0.15) is 6.07 Å². The largest absolute Gasteiger partial charge is 0.431 e. The highest BCUT2D eigenvalue weighted by Crippen LogP contribution is 2.26. The lowest BCUT2D eigenvalue weighted by atomic mass is 10.2. The van der Waals surface area contributed by atoms with Crippen molar-refractivity contribution in [2.24, 2.45) is 0 Å². The molecule has 1 aromatic rings. The number of rotatable bonds is 2. The van der Waals surface area contributed by atoms with Crippen molar-refractivity contribution in [3.63, 3.8) is 0 Å². The second kappa shape index (κ2) is 3.72. The number of anilines is 1. The van der Waals surface area contributed by atoms with Crippen LogP contribution >= 0.6 is 0 Å². The van der Waals surface area contributed by atoms with E-state index in [0.717, 1.165) is 0 Å². The van der Waals surface area contributed by atoms with E-state index in [9.17, 15) is 8.78 Å². The van der Waals surface area contributed by atoms with Crippen molar-refractivity contribution in [3.8, 4) is 11.8 Å². The maximum absolute atomic E-state index is 11.8. The summed E-state index contributed by atoms with van der Waals surface area (Å²) in [4.78, 5) is 0. The lowest BCUT2D eigenvalue weighted by molar-refractivity contribution is -0.0495. The van der Waals surface area contributed by atoms with Crippen LogP contribution in [-0.4, -0.2) is 6.61 Å². The zero-order valence-corrected chi connectivity index (χ0v) is 6.50. The van der Waals surface area contributed by atoms with E-state index >= 15 is 0 Å². The molecule has 0 aliphatic rings. The van der Waals surface area contributed by atoms with E-state index in [4.69, 9.17) is 11.0 Å². The number of halogens is 2. The Labute approximate surface area is 73.3 Å². The van der Waals surface area contributed by atoms with Crippen LogP contribution in [0.3, 0.4) is 0 Å². The molecular weight excluding hydrogens is 178 g/mol.